The molecule has 1 aliphatic rings. The predicted octanol–water partition coefficient (Wildman–Crippen LogP) is 2.43. The molecule has 1 amide bonds. The Labute approximate surface area is 174 Å². The number of likely N-dealkylation sites (N-methyl/N-ethyl adjacent to an activating group) is 1. The van der Waals surface area contributed by atoms with Crippen molar-refractivity contribution in [1.29, 1.82) is 0 Å². The molecular formula is C21H25FN6O2. The zero-order chi connectivity index (χ0) is 21.1. The molecule has 9 heteroatoms. The Kier molecular flexibility index (Phi) is 5.91. The van der Waals surface area contributed by atoms with E-state index in [4.69, 9.17) is 4.84 Å². The van der Waals surface area contributed by atoms with Crippen molar-refractivity contribution in [3.05, 3.63) is 59.7 Å². The number of carbonyl (C=O) groups is 1. The highest BCUT2D eigenvalue weighted by molar-refractivity contribution is 5.92. The van der Waals surface area contributed by atoms with E-state index in [0.717, 1.165) is 30.8 Å². The number of benzene rings is 1. The molecule has 3 heterocycles. The van der Waals surface area contributed by atoms with Gasteiger partial charge in [0, 0.05) is 13.1 Å². The van der Waals surface area contributed by atoms with E-state index in [1.807, 2.05) is 37.2 Å². The number of fused-ring (bicyclic) bond motifs is 1. The molecule has 1 atom stereocenters. The first-order valence-corrected chi connectivity index (χ1v) is 9.96. The van der Waals surface area contributed by atoms with Crippen LogP contribution in [-0.4, -0.2) is 59.2 Å². The Bertz CT molecular complexity index is 1040. The normalized spacial score (nSPS) is 16.5. The summed E-state index contributed by atoms with van der Waals surface area (Å²) in [5.41, 5.74) is 4.22. The minimum Gasteiger partial charge on any atom is -0.348 e. The summed E-state index contributed by atoms with van der Waals surface area (Å²) in [6.07, 6.45) is 3.38. The zero-order valence-corrected chi connectivity index (χ0v) is 17.1. The molecule has 0 saturated carbocycles. The number of amides is 1. The van der Waals surface area contributed by atoms with Gasteiger partial charge in [0.2, 0.25) is 0 Å². The average molecular weight is 412 g/mol. The molecule has 1 N–H and O–H groups in total. The number of anilines is 1. The third-order valence-electron chi connectivity index (χ3n) is 5.17. The standard InChI is InChI=1S/C21H25FN6O2/c1-26(2)11-12-30-25-21(29)18-14-23-19-8-9-20(24-28(18)19)27-10-4-7-17(27)15-5-3-6-16(22)13-15/h3,5-6,8-9,13-14,17H,4,7,10-12H2,1-2H3,(H,25,29)/t17-/m1/s1. The van der Waals surface area contributed by atoms with Crippen LogP contribution in [0.3, 0.4) is 0 Å². The van der Waals surface area contributed by atoms with Gasteiger partial charge in [-0.25, -0.2) is 19.4 Å². The number of hydrogen-bond donors (Lipinski definition) is 1. The van der Waals surface area contributed by atoms with Crippen molar-refractivity contribution < 1.29 is 14.0 Å². The topological polar surface area (TPSA) is 75.0 Å². The van der Waals surface area contributed by atoms with Crippen molar-refractivity contribution in [2.75, 3.05) is 38.7 Å². The average Bonchev–Trinajstić information content (AvgIpc) is 3.37. The highest BCUT2D eigenvalue weighted by atomic mass is 19.1. The zero-order valence-electron chi connectivity index (χ0n) is 17.1. The summed E-state index contributed by atoms with van der Waals surface area (Å²) >= 11 is 0. The molecule has 1 fully saturated rings. The first-order chi connectivity index (χ1) is 14.5. The largest absolute Gasteiger partial charge is 0.348 e. The Morgan fingerprint density at radius 3 is 3.00 bits per heavy atom. The fraction of sp³-hybridized carbons (Fsp3) is 0.381. The molecule has 3 aromatic rings. The number of aromatic nitrogens is 3. The van der Waals surface area contributed by atoms with E-state index >= 15 is 0 Å². The lowest BCUT2D eigenvalue weighted by Crippen LogP contribution is -2.29. The summed E-state index contributed by atoms with van der Waals surface area (Å²) in [6.45, 7) is 1.87. The van der Waals surface area contributed by atoms with Crippen molar-refractivity contribution in [1.82, 2.24) is 25.0 Å². The number of nitrogens with zero attached hydrogens (tertiary/aromatic N) is 5. The highest BCUT2D eigenvalue weighted by Gasteiger charge is 2.28. The first kappa shape index (κ1) is 20.2. The molecule has 0 radical (unpaired) electrons. The first-order valence-electron chi connectivity index (χ1n) is 9.96. The van der Waals surface area contributed by atoms with Gasteiger partial charge >= 0.3 is 0 Å². The lowest BCUT2D eigenvalue weighted by molar-refractivity contribution is 0.0257. The minimum atomic E-state index is -0.408. The van der Waals surface area contributed by atoms with E-state index in [-0.39, 0.29) is 11.9 Å². The van der Waals surface area contributed by atoms with Gasteiger partial charge in [-0.15, -0.1) is 5.10 Å². The molecular weight excluding hydrogens is 387 g/mol. The third kappa shape index (κ3) is 4.27. The number of rotatable bonds is 7. The monoisotopic (exact) mass is 412 g/mol. The van der Waals surface area contributed by atoms with Crippen LogP contribution in [0.25, 0.3) is 5.65 Å². The number of hydrogen-bond acceptors (Lipinski definition) is 6. The summed E-state index contributed by atoms with van der Waals surface area (Å²) in [5, 5.41) is 4.65. The van der Waals surface area contributed by atoms with Gasteiger partial charge in [0.25, 0.3) is 5.91 Å². The van der Waals surface area contributed by atoms with Gasteiger partial charge in [-0.1, -0.05) is 12.1 Å². The van der Waals surface area contributed by atoms with E-state index in [1.165, 1.54) is 16.8 Å². The van der Waals surface area contributed by atoms with Crippen LogP contribution in [0, 0.1) is 5.82 Å². The number of carbonyl (C=O) groups excluding carboxylic acids is 1. The number of imidazole rings is 1. The van der Waals surface area contributed by atoms with Crippen molar-refractivity contribution >= 4 is 17.4 Å². The van der Waals surface area contributed by atoms with E-state index in [0.29, 0.717) is 24.5 Å². The van der Waals surface area contributed by atoms with Gasteiger partial charge in [-0.3, -0.25) is 9.63 Å². The molecule has 1 aliphatic heterocycles. The van der Waals surface area contributed by atoms with Crippen LogP contribution in [0.5, 0.6) is 0 Å². The predicted molar refractivity (Wildman–Crippen MR) is 111 cm³/mol. The van der Waals surface area contributed by atoms with Gasteiger partial charge < -0.3 is 9.80 Å². The van der Waals surface area contributed by atoms with Crippen molar-refractivity contribution in [3.63, 3.8) is 0 Å². The van der Waals surface area contributed by atoms with Crippen LogP contribution in [0.1, 0.15) is 34.9 Å². The van der Waals surface area contributed by atoms with Gasteiger partial charge in [-0.05, 0) is 56.8 Å². The third-order valence-corrected chi connectivity index (χ3v) is 5.17. The quantitative estimate of drug-likeness (QED) is 0.475. The summed E-state index contributed by atoms with van der Waals surface area (Å²) in [4.78, 5) is 26.1. The SMILES string of the molecule is CN(C)CCONC(=O)c1cnc2ccc(N3CCC[C@@H]3c3cccc(F)c3)nn12. The van der Waals surface area contributed by atoms with Crippen LogP contribution in [0.15, 0.2) is 42.6 Å². The van der Waals surface area contributed by atoms with Gasteiger partial charge in [0.1, 0.15) is 11.6 Å². The smallest absolute Gasteiger partial charge is 0.295 e. The maximum Gasteiger partial charge on any atom is 0.295 e. The Morgan fingerprint density at radius 2 is 2.20 bits per heavy atom. The second-order valence-electron chi connectivity index (χ2n) is 7.59. The van der Waals surface area contributed by atoms with Gasteiger partial charge in [-0.2, -0.15) is 0 Å². The van der Waals surface area contributed by atoms with Crippen LogP contribution in [0.2, 0.25) is 0 Å². The second kappa shape index (κ2) is 8.76. The van der Waals surface area contributed by atoms with Gasteiger partial charge in [0.05, 0.1) is 18.8 Å². The molecule has 0 bridgehead atoms. The van der Waals surface area contributed by atoms with Crippen LogP contribution < -0.4 is 10.4 Å². The molecule has 30 heavy (non-hydrogen) atoms. The van der Waals surface area contributed by atoms with E-state index in [2.05, 4.69) is 20.5 Å². The van der Waals surface area contributed by atoms with Crippen LogP contribution >= 0.6 is 0 Å². The Morgan fingerprint density at radius 1 is 1.33 bits per heavy atom. The maximum absolute atomic E-state index is 13.7. The lowest BCUT2D eigenvalue weighted by atomic mass is 10.0. The van der Waals surface area contributed by atoms with E-state index in [1.54, 1.807) is 12.1 Å². The highest BCUT2D eigenvalue weighted by Crippen LogP contribution is 2.35. The second-order valence-corrected chi connectivity index (χ2v) is 7.59. The Balaban J connectivity index is 1.55. The number of hydroxylamine groups is 1. The maximum atomic E-state index is 13.7. The molecule has 1 saturated heterocycles. The molecule has 0 spiro atoms. The van der Waals surface area contributed by atoms with Crippen molar-refractivity contribution in [3.8, 4) is 0 Å². The fourth-order valence-corrected chi connectivity index (χ4v) is 3.67. The molecule has 1 aromatic carbocycles. The van der Waals surface area contributed by atoms with Crippen LogP contribution in [0.4, 0.5) is 10.2 Å². The fourth-order valence-electron chi connectivity index (χ4n) is 3.67. The van der Waals surface area contributed by atoms with Crippen molar-refractivity contribution in [2.45, 2.75) is 18.9 Å². The van der Waals surface area contributed by atoms with E-state index in [9.17, 15) is 9.18 Å². The molecule has 8 nitrogen and oxygen atoms in total. The van der Waals surface area contributed by atoms with Crippen LogP contribution in [-0.2, 0) is 4.84 Å². The lowest BCUT2D eigenvalue weighted by Gasteiger charge is -2.26. The summed E-state index contributed by atoms with van der Waals surface area (Å²) in [5.74, 6) is 0.0643. The molecule has 2 aromatic heterocycles. The van der Waals surface area contributed by atoms with Crippen molar-refractivity contribution in [2.24, 2.45) is 0 Å². The molecule has 0 aliphatic carbocycles. The van der Waals surface area contributed by atoms with E-state index < -0.39 is 5.91 Å². The number of nitrogens with one attached hydrogen (secondary N) is 1. The summed E-state index contributed by atoms with van der Waals surface area (Å²) < 4.78 is 15.2. The molecule has 0 unspecified atom stereocenters. The Hall–Kier alpha value is -3.04. The number of halogens is 1. The summed E-state index contributed by atoms with van der Waals surface area (Å²) in [6, 6.07) is 10.4. The molecule has 158 valence electrons. The van der Waals surface area contributed by atoms with Gasteiger partial charge in [0.15, 0.2) is 11.3 Å². The summed E-state index contributed by atoms with van der Waals surface area (Å²) in [7, 11) is 3.85. The molecule has 4 rings (SSSR count). The minimum absolute atomic E-state index is 0.0424.